The second kappa shape index (κ2) is 6.99. The number of hydrogen-bond acceptors (Lipinski definition) is 4. The molecule has 8 nitrogen and oxygen atoms in total. The topological polar surface area (TPSA) is 86.7 Å². The molecular formula is C20H18N6O2. The molecular weight excluding hydrogens is 356 g/mol. The lowest BCUT2D eigenvalue weighted by atomic mass is 10.2. The number of amides is 1. The zero-order chi connectivity index (χ0) is 19.7. The van der Waals surface area contributed by atoms with E-state index < -0.39 is 0 Å². The Bertz CT molecular complexity index is 1170. The molecule has 0 aliphatic carbocycles. The van der Waals surface area contributed by atoms with Gasteiger partial charge in [0.05, 0.1) is 17.1 Å². The predicted octanol–water partition coefficient (Wildman–Crippen LogP) is 2.32. The minimum Gasteiger partial charge on any atom is -0.316 e. The van der Waals surface area contributed by atoms with Crippen molar-refractivity contribution in [3.63, 3.8) is 0 Å². The minimum absolute atomic E-state index is 0.261. The van der Waals surface area contributed by atoms with E-state index in [0.717, 1.165) is 11.4 Å². The molecule has 4 aromatic rings. The van der Waals surface area contributed by atoms with E-state index in [4.69, 9.17) is 0 Å². The Hall–Kier alpha value is -3.94. The summed E-state index contributed by atoms with van der Waals surface area (Å²) in [6.45, 7) is 1.80. The molecule has 0 aliphatic heterocycles. The van der Waals surface area contributed by atoms with Crippen LogP contribution >= 0.6 is 0 Å². The van der Waals surface area contributed by atoms with Crippen LogP contribution in [0.3, 0.4) is 0 Å². The molecule has 0 bridgehead atoms. The molecule has 8 heteroatoms. The Kier molecular flexibility index (Phi) is 4.36. The lowest BCUT2D eigenvalue weighted by Crippen LogP contribution is -2.22. The summed E-state index contributed by atoms with van der Waals surface area (Å²) >= 11 is 0. The molecule has 0 aliphatic rings. The van der Waals surface area contributed by atoms with Crippen LogP contribution in [0.15, 0.2) is 72.0 Å². The molecule has 0 atom stereocenters. The Morgan fingerprint density at radius 3 is 2.36 bits per heavy atom. The van der Waals surface area contributed by atoms with Gasteiger partial charge in [0.2, 0.25) is 0 Å². The number of hydrogen-bond donors (Lipinski definition) is 1. The highest BCUT2D eigenvalue weighted by atomic mass is 16.2. The van der Waals surface area contributed by atoms with Crippen molar-refractivity contribution in [1.82, 2.24) is 24.1 Å². The van der Waals surface area contributed by atoms with Gasteiger partial charge in [-0.1, -0.05) is 18.2 Å². The standard InChI is InChI=1S/C20H18N6O2/c1-14-18(20(28)26(24(14)2)17-6-4-3-5-7-17)23-19(27)15-8-10-16(11-9-15)25-13-21-12-22-25/h3-13H,1-2H3,(H,23,27). The SMILES string of the molecule is Cc1c(NC(=O)c2ccc(-n3cncn3)cc2)c(=O)n(-c2ccccc2)n1C. The van der Waals surface area contributed by atoms with Gasteiger partial charge in [-0.15, -0.1) is 0 Å². The number of benzene rings is 2. The average Bonchev–Trinajstić information content (AvgIpc) is 3.33. The van der Waals surface area contributed by atoms with Gasteiger partial charge in [0, 0.05) is 12.6 Å². The second-order valence-corrected chi connectivity index (χ2v) is 6.28. The molecule has 4 rings (SSSR count). The highest BCUT2D eigenvalue weighted by Gasteiger charge is 2.18. The van der Waals surface area contributed by atoms with E-state index in [-0.39, 0.29) is 17.2 Å². The minimum atomic E-state index is -0.351. The molecule has 0 spiro atoms. The highest BCUT2D eigenvalue weighted by molar-refractivity contribution is 6.04. The van der Waals surface area contributed by atoms with Gasteiger partial charge in [-0.05, 0) is 43.3 Å². The Labute approximate surface area is 160 Å². The van der Waals surface area contributed by atoms with Crippen LogP contribution in [0.2, 0.25) is 0 Å². The molecule has 0 radical (unpaired) electrons. The van der Waals surface area contributed by atoms with Crippen molar-refractivity contribution in [2.45, 2.75) is 6.92 Å². The summed E-state index contributed by atoms with van der Waals surface area (Å²) in [4.78, 5) is 29.5. The summed E-state index contributed by atoms with van der Waals surface area (Å²) in [5.41, 5.74) is 2.61. The number of rotatable bonds is 4. The molecule has 2 aromatic carbocycles. The number of anilines is 1. The van der Waals surface area contributed by atoms with Crippen LogP contribution in [0.1, 0.15) is 16.1 Å². The second-order valence-electron chi connectivity index (χ2n) is 6.28. The Balaban J connectivity index is 1.63. The zero-order valence-corrected chi connectivity index (χ0v) is 15.4. The monoisotopic (exact) mass is 374 g/mol. The summed E-state index contributed by atoms with van der Waals surface area (Å²) in [6.07, 6.45) is 3.02. The van der Waals surface area contributed by atoms with E-state index in [1.165, 1.54) is 11.0 Å². The zero-order valence-electron chi connectivity index (χ0n) is 15.4. The van der Waals surface area contributed by atoms with Gasteiger partial charge >= 0.3 is 0 Å². The number of nitrogens with one attached hydrogen (secondary N) is 1. The van der Waals surface area contributed by atoms with E-state index >= 15 is 0 Å². The maximum atomic E-state index is 12.9. The van der Waals surface area contributed by atoms with Gasteiger partial charge in [-0.2, -0.15) is 5.10 Å². The number of aromatic nitrogens is 5. The van der Waals surface area contributed by atoms with Crippen molar-refractivity contribution in [2.24, 2.45) is 7.05 Å². The van der Waals surface area contributed by atoms with Crippen molar-refractivity contribution in [3.05, 3.63) is 88.9 Å². The lowest BCUT2D eigenvalue weighted by molar-refractivity contribution is 0.102. The van der Waals surface area contributed by atoms with Crippen LogP contribution < -0.4 is 10.9 Å². The fourth-order valence-corrected chi connectivity index (χ4v) is 3.01. The molecule has 140 valence electrons. The van der Waals surface area contributed by atoms with Crippen molar-refractivity contribution < 1.29 is 4.79 Å². The first kappa shape index (κ1) is 17.5. The van der Waals surface area contributed by atoms with Gasteiger partial charge < -0.3 is 5.32 Å². The number of carbonyl (C=O) groups is 1. The van der Waals surface area contributed by atoms with Gasteiger partial charge in [-0.3, -0.25) is 14.3 Å². The summed E-state index contributed by atoms with van der Waals surface area (Å²) in [5, 5.41) is 6.80. The smallest absolute Gasteiger partial charge is 0.295 e. The molecule has 0 fully saturated rings. The molecule has 28 heavy (non-hydrogen) atoms. The van der Waals surface area contributed by atoms with E-state index in [2.05, 4.69) is 15.4 Å². The first-order valence-electron chi connectivity index (χ1n) is 8.66. The number of nitrogens with zero attached hydrogens (tertiary/aromatic N) is 5. The normalized spacial score (nSPS) is 10.8. The maximum Gasteiger partial charge on any atom is 0.295 e. The van der Waals surface area contributed by atoms with Crippen molar-refractivity contribution in [1.29, 1.82) is 0 Å². The summed E-state index contributed by atoms with van der Waals surface area (Å²) in [5.74, 6) is -0.351. The third kappa shape index (κ3) is 3.01. The first-order chi connectivity index (χ1) is 13.6. The molecule has 0 unspecified atom stereocenters. The van der Waals surface area contributed by atoms with Gasteiger partial charge in [-0.25, -0.2) is 14.3 Å². The third-order valence-electron chi connectivity index (χ3n) is 4.61. The predicted molar refractivity (Wildman–Crippen MR) is 105 cm³/mol. The first-order valence-corrected chi connectivity index (χ1v) is 8.66. The largest absolute Gasteiger partial charge is 0.316 e. The Morgan fingerprint density at radius 1 is 1.00 bits per heavy atom. The molecule has 1 N–H and O–H groups in total. The van der Waals surface area contributed by atoms with Crippen molar-refractivity contribution in [3.8, 4) is 11.4 Å². The highest BCUT2D eigenvalue weighted by Crippen LogP contribution is 2.16. The van der Waals surface area contributed by atoms with Gasteiger partial charge in [0.15, 0.2) is 0 Å². The van der Waals surface area contributed by atoms with E-state index in [9.17, 15) is 9.59 Å². The molecule has 2 aromatic heterocycles. The summed E-state index contributed by atoms with van der Waals surface area (Å²) in [6, 6.07) is 16.2. The van der Waals surface area contributed by atoms with Crippen LogP contribution in [0.25, 0.3) is 11.4 Å². The van der Waals surface area contributed by atoms with Crippen LogP contribution in [0, 0.1) is 6.92 Å². The van der Waals surface area contributed by atoms with E-state index in [1.54, 1.807) is 53.9 Å². The van der Waals surface area contributed by atoms with Crippen molar-refractivity contribution >= 4 is 11.6 Å². The quantitative estimate of drug-likeness (QED) is 0.594. The maximum absolute atomic E-state index is 12.9. The number of carbonyl (C=O) groups excluding carboxylic acids is 1. The summed E-state index contributed by atoms with van der Waals surface area (Å²) in [7, 11) is 1.78. The summed E-state index contributed by atoms with van der Waals surface area (Å²) < 4.78 is 4.85. The van der Waals surface area contributed by atoms with Gasteiger partial charge in [0.25, 0.3) is 11.5 Å². The van der Waals surface area contributed by atoms with E-state index in [1.807, 2.05) is 30.3 Å². The molecule has 0 saturated carbocycles. The van der Waals surface area contributed by atoms with Crippen LogP contribution in [-0.2, 0) is 7.05 Å². The Morgan fingerprint density at radius 2 is 1.71 bits per heavy atom. The molecule has 0 saturated heterocycles. The molecule has 2 heterocycles. The van der Waals surface area contributed by atoms with Crippen LogP contribution in [-0.4, -0.2) is 30.0 Å². The number of para-hydroxylation sites is 1. The fraction of sp³-hybridized carbons (Fsp3) is 0.100. The van der Waals surface area contributed by atoms with E-state index in [0.29, 0.717) is 11.3 Å². The average molecular weight is 374 g/mol. The van der Waals surface area contributed by atoms with Crippen LogP contribution in [0.4, 0.5) is 5.69 Å². The van der Waals surface area contributed by atoms with Crippen LogP contribution in [0.5, 0.6) is 0 Å². The van der Waals surface area contributed by atoms with Crippen molar-refractivity contribution in [2.75, 3.05) is 5.32 Å². The fourth-order valence-electron chi connectivity index (χ4n) is 3.01. The van der Waals surface area contributed by atoms with Gasteiger partial charge in [0.1, 0.15) is 18.3 Å². The lowest BCUT2D eigenvalue weighted by Gasteiger charge is -2.07. The third-order valence-corrected chi connectivity index (χ3v) is 4.61. The molecule has 1 amide bonds.